The van der Waals surface area contributed by atoms with Crippen LogP contribution in [0.25, 0.3) is 0 Å². The van der Waals surface area contributed by atoms with Crippen LogP contribution in [0.5, 0.6) is 0 Å². The van der Waals surface area contributed by atoms with E-state index in [0.717, 1.165) is 38.9 Å². The van der Waals surface area contributed by atoms with E-state index in [-0.39, 0.29) is 17.4 Å². The third-order valence-corrected chi connectivity index (χ3v) is 3.87. The average Bonchev–Trinajstić information content (AvgIpc) is 2.60. The van der Waals surface area contributed by atoms with E-state index >= 15 is 0 Å². The minimum Gasteiger partial charge on any atom is -0.391 e. The van der Waals surface area contributed by atoms with E-state index in [9.17, 15) is 9.90 Å². The average molecular weight is 211 g/mol. The number of carbonyl (C=O) groups excluding carboxylic acids is 1. The van der Waals surface area contributed by atoms with Gasteiger partial charge in [-0.3, -0.25) is 9.69 Å². The normalized spacial score (nSPS) is 36.3. The summed E-state index contributed by atoms with van der Waals surface area (Å²) in [5.41, 5.74) is -0.0123. The van der Waals surface area contributed by atoms with Crippen molar-refractivity contribution < 1.29 is 9.90 Å². The maximum absolute atomic E-state index is 11.5. The van der Waals surface area contributed by atoms with E-state index < -0.39 is 0 Å². The molecule has 0 radical (unpaired) electrons. The van der Waals surface area contributed by atoms with Crippen molar-refractivity contribution in [1.82, 2.24) is 4.90 Å². The van der Waals surface area contributed by atoms with Crippen LogP contribution in [0.2, 0.25) is 0 Å². The minimum atomic E-state index is -0.242. The number of aliphatic hydroxyl groups excluding tert-OH is 1. The van der Waals surface area contributed by atoms with E-state index in [1.54, 1.807) is 0 Å². The minimum absolute atomic E-state index is 0.0123. The molecule has 3 nitrogen and oxygen atoms in total. The molecule has 1 aliphatic carbocycles. The highest BCUT2D eigenvalue weighted by Gasteiger charge is 2.39. The molecule has 2 fully saturated rings. The highest BCUT2D eigenvalue weighted by molar-refractivity contribution is 5.83. The van der Waals surface area contributed by atoms with Crippen LogP contribution in [0.1, 0.15) is 33.1 Å². The molecule has 3 heteroatoms. The Morgan fingerprint density at radius 2 is 2.27 bits per heavy atom. The van der Waals surface area contributed by atoms with Crippen molar-refractivity contribution in [3.05, 3.63) is 0 Å². The molecule has 86 valence electrons. The summed E-state index contributed by atoms with van der Waals surface area (Å²) in [6.45, 7) is 6.69. The van der Waals surface area contributed by atoms with E-state index in [4.69, 9.17) is 0 Å². The molecular weight excluding hydrogens is 190 g/mol. The van der Waals surface area contributed by atoms with Gasteiger partial charge >= 0.3 is 0 Å². The maximum Gasteiger partial charge on any atom is 0.137 e. The van der Waals surface area contributed by atoms with Gasteiger partial charge in [0.2, 0.25) is 0 Å². The van der Waals surface area contributed by atoms with Crippen LogP contribution in [0.3, 0.4) is 0 Å². The molecule has 2 atom stereocenters. The van der Waals surface area contributed by atoms with Gasteiger partial charge in [0.25, 0.3) is 0 Å². The number of rotatable bonds is 2. The van der Waals surface area contributed by atoms with Gasteiger partial charge in [0.1, 0.15) is 5.78 Å². The lowest BCUT2D eigenvalue weighted by atomic mass is 9.90. The fourth-order valence-corrected chi connectivity index (χ4v) is 2.77. The molecule has 0 aromatic rings. The smallest absolute Gasteiger partial charge is 0.137 e. The van der Waals surface area contributed by atoms with Crippen LogP contribution >= 0.6 is 0 Å². The van der Waals surface area contributed by atoms with Crippen LogP contribution in [-0.4, -0.2) is 41.5 Å². The van der Waals surface area contributed by atoms with E-state index in [1.165, 1.54) is 0 Å². The zero-order valence-corrected chi connectivity index (χ0v) is 9.70. The maximum atomic E-state index is 11.5. The number of Topliss-reactive ketones (excluding diaryl/α,β-unsaturated/α-hetero) is 1. The van der Waals surface area contributed by atoms with Gasteiger partial charge in [-0.1, -0.05) is 13.8 Å². The number of carbonyl (C=O) groups is 1. The highest BCUT2D eigenvalue weighted by atomic mass is 16.3. The van der Waals surface area contributed by atoms with Gasteiger partial charge in [-0.2, -0.15) is 0 Å². The second kappa shape index (κ2) is 3.87. The van der Waals surface area contributed by atoms with E-state index in [1.807, 2.05) is 0 Å². The molecule has 0 spiro atoms. The van der Waals surface area contributed by atoms with Crippen molar-refractivity contribution in [2.45, 2.75) is 39.2 Å². The summed E-state index contributed by atoms with van der Waals surface area (Å²) in [5.74, 6) is 0.667. The van der Waals surface area contributed by atoms with Crippen molar-refractivity contribution in [3.8, 4) is 0 Å². The Bertz CT molecular complexity index is 262. The molecule has 1 saturated heterocycles. The Kier molecular flexibility index (Phi) is 2.86. The summed E-state index contributed by atoms with van der Waals surface area (Å²) in [7, 11) is 0. The fraction of sp³-hybridized carbons (Fsp3) is 0.917. The van der Waals surface area contributed by atoms with Crippen molar-refractivity contribution >= 4 is 5.78 Å². The first kappa shape index (κ1) is 11.1. The predicted molar refractivity (Wildman–Crippen MR) is 58.6 cm³/mol. The summed E-state index contributed by atoms with van der Waals surface area (Å²) in [5, 5.41) is 9.84. The van der Waals surface area contributed by atoms with Crippen molar-refractivity contribution in [2.24, 2.45) is 11.3 Å². The summed E-state index contributed by atoms with van der Waals surface area (Å²) in [4.78, 5) is 13.8. The zero-order chi connectivity index (χ0) is 11.1. The van der Waals surface area contributed by atoms with Gasteiger partial charge in [-0.05, 0) is 12.8 Å². The quantitative estimate of drug-likeness (QED) is 0.742. The summed E-state index contributed by atoms with van der Waals surface area (Å²) in [6.07, 6.45) is 2.63. The first-order valence-corrected chi connectivity index (χ1v) is 5.92. The largest absolute Gasteiger partial charge is 0.391 e. The van der Waals surface area contributed by atoms with E-state index in [0.29, 0.717) is 5.78 Å². The monoisotopic (exact) mass is 211 g/mol. The first-order chi connectivity index (χ1) is 6.99. The molecule has 15 heavy (non-hydrogen) atoms. The predicted octanol–water partition coefficient (Wildman–Crippen LogP) is 1.06. The second-order valence-electron chi connectivity index (χ2n) is 5.75. The Morgan fingerprint density at radius 3 is 2.73 bits per heavy atom. The van der Waals surface area contributed by atoms with Gasteiger partial charge in [0, 0.05) is 37.4 Å². The van der Waals surface area contributed by atoms with Crippen LogP contribution in [0.4, 0.5) is 0 Å². The summed E-state index contributed by atoms with van der Waals surface area (Å²) in [6, 6.07) is 0. The first-order valence-electron chi connectivity index (χ1n) is 5.92. The van der Waals surface area contributed by atoms with Crippen molar-refractivity contribution in [2.75, 3.05) is 19.6 Å². The molecule has 1 aliphatic heterocycles. The molecule has 2 aliphatic rings. The topological polar surface area (TPSA) is 40.5 Å². The number of likely N-dealkylation sites (tertiary alicyclic amines) is 1. The number of β-amino-alcohol motifs (C(OH)–C–C–N with tert-alkyl or cyclic N) is 1. The summed E-state index contributed by atoms with van der Waals surface area (Å²) < 4.78 is 0. The Labute approximate surface area is 91.5 Å². The second-order valence-corrected chi connectivity index (χ2v) is 5.75. The Hall–Kier alpha value is -0.410. The number of ketones is 1. The van der Waals surface area contributed by atoms with Crippen LogP contribution in [0, 0.1) is 11.3 Å². The molecule has 1 saturated carbocycles. The summed E-state index contributed by atoms with van der Waals surface area (Å²) >= 11 is 0. The molecule has 0 aromatic carbocycles. The molecular formula is C12H21NO2. The van der Waals surface area contributed by atoms with Gasteiger partial charge in [0.05, 0.1) is 6.10 Å². The number of hydrogen-bond donors (Lipinski definition) is 1. The molecule has 0 aromatic heterocycles. The molecule has 1 heterocycles. The molecule has 2 unspecified atom stereocenters. The van der Waals surface area contributed by atoms with Gasteiger partial charge in [-0.15, -0.1) is 0 Å². The molecule has 1 N–H and O–H groups in total. The Balaban J connectivity index is 1.89. The van der Waals surface area contributed by atoms with Crippen LogP contribution in [-0.2, 0) is 4.79 Å². The van der Waals surface area contributed by atoms with Crippen molar-refractivity contribution in [3.63, 3.8) is 0 Å². The number of aliphatic hydroxyl groups is 1. The van der Waals surface area contributed by atoms with Crippen LogP contribution < -0.4 is 0 Å². The fourth-order valence-electron chi connectivity index (χ4n) is 2.77. The number of nitrogens with zero attached hydrogens (tertiary/aromatic N) is 1. The van der Waals surface area contributed by atoms with Crippen molar-refractivity contribution in [1.29, 1.82) is 0 Å². The molecule has 0 bridgehead atoms. The van der Waals surface area contributed by atoms with Gasteiger partial charge in [0.15, 0.2) is 0 Å². The Morgan fingerprint density at radius 1 is 1.53 bits per heavy atom. The number of hydrogen-bond acceptors (Lipinski definition) is 3. The lowest BCUT2D eigenvalue weighted by Gasteiger charge is -2.22. The lowest BCUT2D eigenvalue weighted by Crippen LogP contribution is -2.30. The zero-order valence-electron chi connectivity index (χ0n) is 9.70. The molecule has 0 amide bonds. The standard InChI is InChI=1S/C12H21NO2/c1-12(2)8-13(7-11(12)15)6-9-4-3-5-10(9)14/h9,11,15H,3-8H2,1-2H3. The van der Waals surface area contributed by atoms with E-state index in [2.05, 4.69) is 18.7 Å². The third kappa shape index (κ3) is 2.23. The van der Waals surface area contributed by atoms with Gasteiger partial charge < -0.3 is 5.11 Å². The SMILES string of the molecule is CC1(C)CN(CC2CCCC2=O)CC1O. The molecule has 2 rings (SSSR count). The van der Waals surface area contributed by atoms with Gasteiger partial charge in [-0.25, -0.2) is 0 Å². The third-order valence-electron chi connectivity index (χ3n) is 3.87. The lowest BCUT2D eigenvalue weighted by molar-refractivity contribution is -0.121. The highest BCUT2D eigenvalue weighted by Crippen LogP contribution is 2.31. The van der Waals surface area contributed by atoms with Crippen LogP contribution in [0.15, 0.2) is 0 Å².